The van der Waals surface area contributed by atoms with Crippen molar-refractivity contribution in [2.24, 2.45) is 16.7 Å². The van der Waals surface area contributed by atoms with Gasteiger partial charge in [0, 0.05) is 43.2 Å². The summed E-state index contributed by atoms with van der Waals surface area (Å²) in [5, 5.41) is 0.592. The van der Waals surface area contributed by atoms with Gasteiger partial charge in [0.1, 0.15) is 5.82 Å². The number of halogens is 4. The van der Waals surface area contributed by atoms with E-state index in [0.717, 1.165) is 18.1 Å². The highest BCUT2D eigenvalue weighted by molar-refractivity contribution is 7.53. The predicted octanol–water partition coefficient (Wildman–Crippen LogP) is 6.58. The van der Waals surface area contributed by atoms with E-state index in [4.69, 9.17) is 20.6 Å². The Morgan fingerprint density at radius 2 is 1.89 bits per heavy atom. The lowest BCUT2D eigenvalue weighted by molar-refractivity contribution is -0.141. The average Bonchev–Trinajstić information content (AvgIpc) is 3.11. The van der Waals surface area contributed by atoms with Gasteiger partial charge in [0.25, 0.3) is 0 Å². The Bertz CT molecular complexity index is 1300. The third-order valence-corrected chi connectivity index (χ3v) is 11.5. The summed E-state index contributed by atoms with van der Waals surface area (Å²) in [6.07, 6.45) is -3.15. The minimum Gasteiger partial charge on any atom is -0.355 e. The van der Waals surface area contributed by atoms with Crippen LogP contribution in [0.25, 0.3) is 0 Å². The summed E-state index contributed by atoms with van der Waals surface area (Å²) < 4.78 is 66.6. The van der Waals surface area contributed by atoms with Gasteiger partial charge in [-0.05, 0) is 47.8 Å². The molecule has 1 aromatic heterocycles. The molecule has 5 atom stereocenters. The van der Waals surface area contributed by atoms with Gasteiger partial charge in [-0.15, -0.1) is 0 Å². The fourth-order valence-electron chi connectivity index (χ4n) is 6.57. The summed E-state index contributed by atoms with van der Waals surface area (Å²) in [5.74, 6) is 0.461. The molecular weight excluding hydrogens is 540 g/mol. The number of aromatic nitrogens is 2. The maximum atomic E-state index is 13.7. The van der Waals surface area contributed by atoms with E-state index in [2.05, 4.69) is 23.8 Å². The standard InChI is InChI=1S/C26H31ClF3N4O3P/c1-16-7-9-34(16)23-31-21(26(28,29)30)12-22(32-23)33-14-24(2)20(25(24,3)15-33)13-38(35)36-10-8-19(37-38)17-5-4-6-18(27)11-17/h4-6,11-12,16,19-20H,7-10,13-15H2,1-3H3/t16-,19-,20?,24?,25?,38?/m0/s1. The van der Waals surface area contributed by atoms with Crippen molar-refractivity contribution >= 4 is 31.0 Å². The zero-order valence-corrected chi connectivity index (χ0v) is 23.2. The lowest BCUT2D eigenvalue weighted by Crippen LogP contribution is -2.47. The van der Waals surface area contributed by atoms with Crippen molar-refractivity contribution in [1.82, 2.24) is 9.97 Å². The summed E-state index contributed by atoms with van der Waals surface area (Å²) >= 11 is 6.14. The fourth-order valence-corrected chi connectivity index (χ4v) is 9.27. The zero-order chi connectivity index (χ0) is 27.1. The van der Waals surface area contributed by atoms with Crippen LogP contribution in [0.15, 0.2) is 30.3 Å². The Kier molecular flexibility index (Phi) is 6.12. The van der Waals surface area contributed by atoms with Crippen molar-refractivity contribution in [2.75, 3.05) is 42.2 Å². The molecular formula is C26H31ClF3N4O3P. The summed E-state index contributed by atoms with van der Waals surface area (Å²) in [5.41, 5.74) is -0.567. The quantitative estimate of drug-likeness (QED) is 0.376. The zero-order valence-electron chi connectivity index (χ0n) is 21.5. The lowest BCUT2D eigenvalue weighted by atomic mass is 10.0. The van der Waals surface area contributed by atoms with E-state index in [-0.39, 0.29) is 46.8 Å². The molecule has 4 heterocycles. The number of hydrogen-bond acceptors (Lipinski definition) is 7. The van der Waals surface area contributed by atoms with Crippen molar-refractivity contribution in [3.8, 4) is 0 Å². The molecule has 1 saturated carbocycles. The molecule has 6 rings (SSSR count). The van der Waals surface area contributed by atoms with Gasteiger partial charge in [0.2, 0.25) is 5.95 Å². The highest BCUT2D eigenvalue weighted by atomic mass is 35.5. The molecule has 3 aliphatic heterocycles. The van der Waals surface area contributed by atoms with Crippen molar-refractivity contribution in [1.29, 1.82) is 0 Å². The summed E-state index contributed by atoms with van der Waals surface area (Å²) in [6.45, 7) is 8.16. The monoisotopic (exact) mass is 570 g/mol. The minimum atomic E-state index is -4.56. The highest BCUT2D eigenvalue weighted by Gasteiger charge is 2.76. The van der Waals surface area contributed by atoms with Crippen LogP contribution in [-0.4, -0.2) is 48.4 Å². The van der Waals surface area contributed by atoms with Crippen LogP contribution in [0.4, 0.5) is 24.9 Å². The van der Waals surface area contributed by atoms with Gasteiger partial charge < -0.3 is 18.8 Å². The Morgan fingerprint density at radius 1 is 1.16 bits per heavy atom. The van der Waals surface area contributed by atoms with Crippen LogP contribution in [0.5, 0.6) is 0 Å². The molecule has 0 spiro atoms. The molecule has 4 aliphatic rings. The summed E-state index contributed by atoms with van der Waals surface area (Å²) in [4.78, 5) is 12.1. The number of alkyl halides is 3. The fraction of sp³-hybridized carbons (Fsp3) is 0.615. The number of hydrogen-bond donors (Lipinski definition) is 0. The van der Waals surface area contributed by atoms with Gasteiger partial charge in [0.15, 0.2) is 5.69 Å². The van der Waals surface area contributed by atoms with Gasteiger partial charge in [0.05, 0.1) is 18.9 Å². The van der Waals surface area contributed by atoms with Crippen molar-refractivity contribution in [2.45, 2.75) is 51.9 Å². The van der Waals surface area contributed by atoms with Crippen molar-refractivity contribution < 1.29 is 26.8 Å². The van der Waals surface area contributed by atoms with E-state index in [1.807, 2.05) is 34.9 Å². The Morgan fingerprint density at radius 3 is 2.50 bits per heavy atom. The topological polar surface area (TPSA) is 67.8 Å². The number of piperidine rings is 1. The second-order valence-electron chi connectivity index (χ2n) is 11.5. The smallest absolute Gasteiger partial charge is 0.355 e. The molecule has 0 bridgehead atoms. The lowest BCUT2D eigenvalue weighted by Gasteiger charge is -2.39. The molecule has 4 fully saturated rings. The van der Waals surface area contributed by atoms with Gasteiger partial charge in [-0.1, -0.05) is 37.6 Å². The number of rotatable bonds is 5. The van der Waals surface area contributed by atoms with Crippen molar-refractivity contribution in [3.05, 3.63) is 46.6 Å². The second kappa shape index (κ2) is 8.82. The van der Waals surface area contributed by atoms with Crippen LogP contribution in [0.2, 0.25) is 5.02 Å². The molecule has 0 radical (unpaired) electrons. The molecule has 3 unspecified atom stereocenters. The van der Waals surface area contributed by atoms with Crippen LogP contribution in [0.3, 0.4) is 0 Å². The number of nitrogens with zero attached hydrogens (tertiary/aromatic N) is 4. The molecule has 1 aromatic carbocycles. The summed E-state index contributed by atoms with van der Waals surface area (Å²) in [7, 11) is -3.37. The maximum absolute atomic E-state index is 13.7. The van der Waals surface area contributed by atoms with E-state index in [1.54, 1.807) is 6.07 Å². The van der Waals surface area contributed by atoms with E-state index >= 15 is 0 Å². The maximum Gasteiger partial charge on any atom is 0.433 e. The van der Waals surface area contributed by atoms with E-state index in [1.165, 1.54) is 0 Å². The molecule has 1 aliphatic carbocycles. The first kappa shape index (κ1) is 26.4. The third-order valence-electron chi connectivity index (χ3n) is 9.27. The number of anilines is 2. The molecule has 12 heteroatoms. The second-order valence-corrected chi connectivity index (χ2v) is 14.0. The van der Waals surface area contributed by atoms with E-state index in [0.29, 0.717) is 37.7 Å². The first-order valence-corrected chi connectivity index (χ1v) is 15.1. The normalized spacial score (nSPS) is 36.7. The molecule has 0 N–H and O–H groups in total. The Balaban J connectivity index is 1.19. The Labute approximate surface area is 225 Å². The Hall–Kier alpha value is -1.87. The molecule has 206 valence electrons. The first-order valence-electron chi connectivity index (χ1n) is 13.0. The van der Waals surface area contributed by atoms with Gasteiger partial charge in [-0.25, -0.2) is 4.98 Å². The number of fused-ring (bicyclic) bond motifs is 1. The van der Waals surface area contributed by atoms with Crippen LogP contribution in [0, 0.1) is 16.7 Å². The van der Waals surface area contributed by atoms with Crippen LogP contribution >= 0.6 is 19.2 Å². The SMILES string of the molecule is C[C@H]1CCN1c1nc(N2CC3(C)C(CP4(=O)OCC[C@@H](c5cccc(Cl)c5)O4)C3(C)C2)cc(C(F)(F)F)n1. The molecule has 7 nitrogen and oxygen atoms in total. The largest absolute Gasteiger partial charge is 0.433 e. The van der Waals surface area contributed by atoms with Crippen LogP contribution in [-0.2, 0) is 19.8 Å². The molecule has 2 aromatic rings. The molecule has 0 amide bonds. The first-order chi connectivity index (χ1) is 17.8. The average molecular weight is 571 g/mol. The predicted molar refractivity (Wildman–Crippen MR) is 139 cm³/mol. The highest BCUT2D eigenvalue weighted by Crippen LogP contribution is 2.77. The third kappa shape index (κ3) is 4.32. The molecule has 38 heavy (non-hydrogen) atoms. The van der Waals surface area contributed by atoms with Crippen LogP contribution in [0.1, 0.15) is 51.0 Å². The molecule has 3 saturated heterocycles. The van der Waals surface area contributed by atoms with Gasteiger partial charge in [-0.2, -0.15) is 18.2 Å². The van der Waals surface area contributed by atoms with E-state index in [9.17, 15) is 17.7 Å². The number of benzene rings is 1. The van der Waals surface area contributed by atoms with Gasteiger partial charge >= 0.3 is 13.8 Å². The minimum absolute atomic E-state index is 0.0500. The van der Waals surface area contributed by atoms with Crippen LogP contribution < -0.4 is 9.80 Å². The van der Waals surface area contributed by atoms with Crippen molar-refractivity contribution in [3.63, 3.8) is 0 Å². The van der Waals surface area contributed by atoms with Gasteiger partial charge in [-0.3, -0.25) is 4.57 Å². The summed E-state index contributed by atoms with van der Waals surface area (Å²) in [6, 6.07) is 8.51. The van der Waals surface area contributed by atoms with E-state index < -0.39 is 19.5 Å².